The molecule has 1 unspecified atom stereocenters. The number of benzene rings is 1. The van der Waals surface area contributed by atoms with Crippen molar-refractivity contribution in [2.24, 2.45) is 0 Å². The minimum atomic E-state index is 0.254. The van der Waals surface area contributed by atoms with Crippen LogP contribution in [0.25, 0.3) is 0 Å². The molecule has 3 rings (SSSR count). The summed E-state index contributed by atoms with van der Waals surface area (Å²) in [6.07, 6.45) is 2.93. The molecule has 0 saturated heterocycles. The van der Waals surface area contributed by atoms with Crippen molar-refractivity contribution in [3.8, 4) is 5.75 Å². The first-order chi connectivity index (χ1) is 9.63. The number of nitrogens with one attached hydrogen (secondary N) is 1. The summed E-state index contributed by atoms with van der Waals surface area (Å²) in [5, 5.41) is 4.67. The van der Waals surface area contributed by atoms with E-state index in [9.17, 15) is 0 Å². The monoisotopic (exact) mass is 352 g/mol. The Morgan fingerprint density at radius 1 is 1.50 bits per heavy atom. The van der Waals surface area contributed by atoms with Crippen LogP contribution >= 0.6 is 27.3 Å². The van der Waals surface area contributed by atoms with Gasteiger partial charge in [0.1, 0.15) is 10.8 Å². The van der Waals surface area contributed by atoms with Crippen LogP contribution in [0.4, 0.5) is 0 Å². The van der Waals surface area contributed by atoms with Gasteiger partial charge in [-0.15, -0.1) is 11.3 Å². The number of fused-ring (bicyclic) bond motifs is 1. The standard InChI is InChI=1S/C15H17BrN2OS/c1-9-7-18-15(20-9)10(2)17-8-12-6-13(16)5-11-3-4-19-14(11)12/h5-7,10,17H,3-4,8H2,1-2H3. The SMILES string of the molecule is Cc1cnc(C(C)NCc2cc(Br)cc3c2OCC3)s1. The molecule has 0 fully saturated rings. The van der Waals surface area contributed by atoms with Crippen LogP contribution in [0.5, 0.6) is 5.75 Å². The highest BCUT2D eigenvalue weighted by molar-refractivity contribution is 9.10. The molecular weight excluding hydrogens is 336 g/mol. The molecule has 1 atom stereocenters. The van der Waals surface area contributed by atoms with Crippen molar-refractivity contribution < 1.29 is 4.74 Å². The van der Waals surface area contributed by atoms with Gasteiger partial charge in [-0.1, -0.05) is 15.9 Å². The highest BCUT2D eigenvalue weighted by Crippen LogP contribution is 2.33. The molecule has 1 aliphatic heterocycles. The maximum absolute atomic E-state index is 5.75. The van der Waals surface area contributed by atoms with Gasteiger partial charge in [-0.2, -0.15) is 0 Å². The zero-order valence-corrected chi connectivity index (χ0v) is 14.0. The van der Waals surface area contributed by atoms with E-state index in [1.165, 1.54) is 16.0 Å². The lowest BCUT2D eigenvalue weighted by Gasteiger charge is -2.14. The van der Waals surface area contributed by atoms with E-state index < -0.39 is 0 Å². The predicted molar refractivity (Wildman–Crippen MR) is 85.4 cm³/mol. The van der Waals surface area contributed by atoms with Crippen LogP contribution in [0.3, 0.4) is 0 Å². The van der Waals surface area contributed by atoms with Crippen molar-refractivity contribution in [1.82, 2.24) is 10.3 Å². The quantitative estimate of drug-likeness (QED) is 0.902. The van der Waals surface area contributed by atoms with Crippen molar-refractivity contribution in [1.29, 1.82) is 0 Å². The molecule has 1 N–H and O–H groups in total. The molecule has 0 amide bonds. The first-order valence-corrected chi connectivity index (χ1v) is 8.34. The highest BCUT2D eigenvalue weighted by atomic mass is 79.9. The van der Waals surface area contributed by atoms with Crippen molar-refractivity contribution >= 4 is 27.3 Å². The van der Waals surface area contributed by atoms with Crippen LogP contribution < -0.4 is 10.1 Å². The molecule has 0 bridgehead atoms. The summed E-state index contributed by atoms with van der Waals surface area (Å²) in [4.78, 5) is 5.68. The summed E-state index contributed by atoms with van der Waals surface area (Å²) in [7, 11) is 0. The lowest BCUT2D eigenvalue weighted by Crippen LogP contribution is -2.18. The summed E-state index contributed by atoms with van der Waals surface area (Å²) < 4.78 is 6.87. The van der Waals surface area contributed by atoms with E-state index in [-0.39, 0.29) is 6.04 Å². The Labute approximate surface area is 131 Å². The van der Waals surface area contributed by atoms with Crippen molar-refractivity contribution in [2.45, 2.75) is 32.9 Å². The summed E-state index contributed by atoms with van der Waals surface area (Å²) in [5.41, 5.74) is 2.51. The average Bonchev–Trinajstić information content (AvgIpc) is 3.03. The largest absolute Gasteiger partial charge is 0.493 e. The number of aromatic nitrogens is 1. The second kappa shape index (κ2) is 5.84. The molecule has 0 radical (unpaired) electrons. The van der Waals surface area contributed by atoms with Crippen LogP contribution in [-0.2, 0) is 13.0 Å². The van der Waals surface area contributed by atoms with E-state index in [0.717, 1.165) is 34.8 Å². The summed E-state index contributed by atoms with van der Waals surface area (Å²) in [6.45, 7) is 5.82. The van der Waals surface area contributed by atoms with Crippen molar-refractivity contribution in [3.05, 3.63) is 43.8 Å². The molecule has 5 heteroatoms. The number of rotatable bonds is 4. The molecular formula is C15H17BrN2OS. The topological polar surface area (TPSA) is 34.2 Å². The Kier molecular flexibility index (Phi) is 4.10. The molecule has 3 nitrogen and oxygen atoms in total. The summed E-state index contributed by atoms with van der Waals surface area (Å²) in [5.74, 6) is 1.06. The lowest BCUT2D eigenvalue weighted by atomic mass is 10.1. The van der Waals surface area contributed by atoms with Crippen LogP contribution in [0.2, 0.25) is 0 Å². The third-order valence-corrected chi connectivity index (χ3v) is 4.99. The Balaban J connectivity index is 1.73. The normalized spacial score (nSPS) is 14.9. The molecule has 0 spiro atoms. The van der Waals surface area contributed by atoms with Gasteiger partial charge >= 0.3 is 0 Å². The second-order valence-electron chi connectivity index (χ2n) is 5.06. The summed E-state index contributed by atoms with van der Waals surface area (Å²) >= 11 is 5.32. The van der Waals surface area contributed by atoms with Gasteiger partial charge in [-0.3, -0.25) is 0 Å². The van der Waals surface area contributed by atoms with Gasteiger partial charge in [0.2, 0.25) is 0 Å². The first-order valence-electron chi connectivity index (χ1n) is 6.73. The van der Waals surface area contributed by atoms with Gasteiger partial charge in [0, 0.05) is 34.1 Å². The van der Waals surface area contributed by atoms with E-state index >= 15 is 0 Å². The van der Waals surface area contributed by atoms with Gasteiger partial charge < -0.3 is 10.1 Å². The molecule has 2 heterocycles. The smallest absolute Gasteiger partial charge is 0.127 e. The number of aryl methyl sites for hydroxylation is 1. The second-order valence-corrected chi connectivity index (χ2v) is 7.25. The molecule has 1 aliphatic rings. The Morgan fingerprint density at radius 3 is 3.10 bits per heavy atom. The molecule has 2 aromatic rings. The lowest BCUT2D eigenvalue weighted by molar-refractivity contribution is 0.351. The highest BCUT2D eigenvalue weighted by Gasteiger charge is 2.18. The fourth-order valence-electron chi connectivity index (χ4n) is 2.40. The minimum Gasteiger partial charge on any atom is -0.493 e. The summed E-state index contributed by atoms with van der Waals surface area (Å²) in [6, 6.07) is 4.54. The zero-order valence-electron chi connectivity index (χ0n) is 11.6. The third kappa shape index (κ3) is 2.90. The third-order valence-electron chi connectivity index (χ3n) is 3.43. The Morgan fingerprint density at radius 2 is 2.35 bits per heavy atom. The van der Waals surface area contributed by atoms with E-state index in [1.54, 1.807) is 11.3 Å². The number of ether oxygens (including phenoxy) is 1. The first kappa shape index (κ1) is 14.0. The fourth-order valence-corrected chi connectivity index (χ4v) is 3.75. The Bertz CT molecular complexity index is 626. The molecule has 0 saturated carbocycles. The van der Waals surface area contributed by atoms with Gasteiger partial charge in [-0.05, 0) is 31.5 Å². The van der Waals surface area contributed by atoms with E-state index in [1.807, 2.05) is 6.20 Å². The number of nitrogens with zero attached hydrogens (tertiary/aromatic N) is 1. The van der Waals surface area contributed by atoms with Gasteiger partial charge in [0.05, 0.1) is 12.6 Å². The minimum absolute atomic E-state index is 0.254. The van der Waals surface area contributed by atoms with Crippen LogP contribution in [0, 0.1) is 6.92 Å². The van der Waals surface area contributed by atoms with Gasteiger partial charge in [0.15, 0.2) is 0 Å². The molecule has 20 heavy (non-hydrogen) atoms. The van der Waals surface area contributed by atoms with E-state index in [2.05, 4.69) is 52.2 Å². The Hall–Kier alpha value is -0.910. The number of hydrogen-bond donors (Lipinski definition) is 1. The molecule has 106 valence electrons. The van der Waals surface area contributed by atoms with Gasteiger partial charge in [0.25, 0.3) is 0 Å². The maximum atomic E-state index is 5.75. The van der Waals surface area contributed by atoms with Crippen LogP contribution in [0.1, 0.15) is 34.0 Å². The maximum Gasteiger partial charge on any atom is 0.127 e. The number of hydrogen-bond acceptors (Lipinski definition) is 4. The van der Waals surface area contributed by atoms with Gasteiger partial charge in [-0.25, -0.2) is 4.98 Å². The number of halogens is 1. The number of thiazole rings is 1. The van der Waals surface area contributed by atoms with Crippen LogP contribution in [0.15, 0.2) is 22.8 Å². The zero-order chi connectivity index (χ0) is 14.1. The molecule has 1 aromatic carbocycles. The molecule has 0 aliphatic carbocycles. The molecule has 1 aromatic heterocycles. The van der Waals surface area contributed by atoms with Crippen molar-refractivity contribution in [2.75, 3.05) is 6.61 Å². The van der Waals surface area contributed by atoms with Crippen molar-refractivity contribution in [3.63, 3.8) is 0 Å². The van der Waals surface area contributed by atoms with Crippen LogP contribution in [-0.4, -0.2) is 11.6 Å². The predicted octanol–water partition coefficient (Wildman–Crippen LogP) is 4.00. The average molecular weight is 353 g/mol. The van der Waals surface area contributed by atoms with E-state index in [0.29, 0.717) is 0 Å². The fraction of sp³-hybridized carbons (Fsp3) is 0.400. The van der Waals surface area contributed by atoms with E-state index in [4.69, 9.17) is 4.74 Å².